The van der Waals surface area contributed by atoms with Gasteiger partial charge in [0.1, 0.15) is 12.4 Å². The molecule has 1 fully saturated rings. The molecule has 20 heavy (non-hydrogen) atoms. The summed E-state index contributed by atoms with van der Waals surface area (Å²) in [4.78, 5) is 2.46. The molecular formula is C17H22FNO. The summed E-state index contributed by atoms with van der Waals surface area (Å²) in [6.45, 7) is 6.19. The molecule has 0 aliphatic carbocycles. The van der Waals surface area contributed by atoms with Crippen LogP contribution in [-0.2, 0) is 6.54 Å². The van der Waals surface area contributed by atoms with Crippen molar-refractivity contribution in [3.63, 3.8) is 0 Å². The van der Waals surface area contributed by atoms with Crippen molar-refractivity contribution in [2.24, 2.45) is 5.92 Å². The summed E-state index contributed by atoms with van der Waals surface area (Å²) >= 11 is 0. The van der Waals surface area contributed by atoms with Crippen molar-refractivity contribution in [2.45, 2.75) is 39.3 Å². The first-order chi connectivity index (χ1) is 9.61. The number of benzene rings is 1. The second kappa shape index (κ2) is 6.88. The Bertz CT molecular complexity index is 515. The van der Waals surface area contributed by atoms with Crippen molar-refractivity contribution < 1.29 is 9.50 Å². The van der Waals surface area contributed by atoms with Crippen molar-refractivity contribution >= 4 is 0 Å². The molecule has 2 rings (SSSR count). The van der Waals surface area contributed by atoms with Gasteiger partial charge in [-0.05, 0) is 43.0 Å². The number of halogens is 1. The van der Waals surface area contributed by atoms with Crippen LogP contribution in [0, 0.1) is 23.6 Å². The Balaban J connectivity index is 2.20. The Morgan fingerprint density at radius 2 is 2.25 bits per heavy atom. The lowest BCUT2D eigenvalue weighted by molar-refractivity contribution is 0.198. The van der Waals surface area contributed by atoms with Crippen LogP contribution in [0.3, 0.4) is 0 Å². The Labute approximate surface area is 120 Å². The van der Waals surface area contributed by atoms with Crippen LogP contribution in [0.15, 0.2) is 18.2 Å². The molecule has 1 aromatic rings. The van der Waals surface area contributed by atoms with Crippen LogP contribution in [0.25, 0.3) is 0 Å². The summed E-state index contributed by atoms with van der Waals surface area (Å²) in [6.07, 6.45) is 2.46. The first-order valence-electron chi connectivity index (χ1n) is 7.24. The maximum atomic E-state index is 13.3. The molecule has 0 aromatic heterocycles. The molecule has 1 heterocycles. The van der Waals surface area contributed by atoms with Gasteiger partial charge in [-0.2, -0.15) is 0 Å². The van der Waals surface area contributed by atoms with Crippen molar-refractivity contribution in [1.29, 1.82) is 0 Å². The fraction of sp³-hybridized carbons (Fsp3) is 0.529. The van der Waals surface area contributed by atoms with E-state index in [1.54, 1.807) is 0 Å². The molecule has 1 N–H and O–H groups in total. The van der Waals surface area contributed by atoms with E-state index >= 15 is 0 Å². The van der Waals surface area contributed by atoms with Crippen LogP contribution in [0.1, 0.15) is 37.8 Å². The van der Waals surface area contributed by atoms with Gasteiger partial charge in [0.15, 0.2) is 0 Å². The topological polar surface area (TPSA) is 23.5 Å². The minimum Gasteiger partial charge on any atom is -0.384 e. The molecule has 1 aliphatic heterocycles. The van der Waals surface area contributed by atoms with Crippen molar-refractivity contribution in [3.05, 3.63) is 35.1 Å². The highest BCUT2D eigenvalue weighted by Gasteiger charge is 2.27. The lowest BCUT2D eigenvalue weighted by Gasteiger charge is -2.28. The molecule has 2 nitrogen and oxygen atoms in total. The molecule has 0 bridgehead atoms. The maximum absolute atomic E-state index is 13.3. The lowest BCUT2D eigenvalue weighted by Crippen LogP contribution is -2.33. The Hall–Kier alpha value is -1.37. The fourth-order valence-corrected chi connectivity index (χ4v) is 2.96. The number of hydrogen-bond acceptors (Lipinski definition) is 2. The van der Waals surface area contributed by atoms with Gasteiger partial charge in [-0.1, -0.05) is 31.8 Å². The average molecular weight is 275 g/mol. The van der Waals surface area contributed by atoms with Gasteiger partial charge in [-0.3, -0.25) is 4.90 Å². The highest BCUT2D eigenvalue weighted by atomic mass is 19.1. The number of aliphatic hydroxyl groups is 1. The average Bonchev–Trinajstić information content (AvgIpc) is 2.87. The van der Waals surface area contributed by atoms with Crippen LogP contribution in [0.4, 0.5) is 4.39 Å². The zero-order chi connectivity index (χ0) is 14.5. The third-order valence-corrected chi connectivity index (χ3v) is 3.93. The van der Waals surface area contributed by atoms with Crippen LogP contribution in [0.2, 0.25) is 0 Å². The standard InChI is InChI=1S/C17H22FNO/c1-13(2)17-6-3-9-19(17)12-15-7-8-16(18)11-14(15)5-4-10-20/h7-8,11,13,17,20H,3,6,9-10,12H2,1-2H3. The molecule has 1 atom stereocenters. The molecule has 0 saturated carbocycles. The zero-order valence-electron chi connectivity index (χ0n) is 12.2. The molecule has 1 aromatic carbocycles. The summed E-state index contributed by atoms with van der Waals surface area (Å²) in [5.41, 5.74) is 1.73. The summed E-state index contributed by atoms with van der Waals surface area (Å²) in [7, 11) is 0. The van der Waals surface area contributed by atoms with E-state index in [0.717, 1.165) is 18.7 Å². The maximum Gasteiger partial charge on any atom is 0.124 e. The van der Waals surface area contributed by atoms with Gasteiger partial charge in [-0.25, -0.2) is 4.39 Å². The van der Waals surface area contributed by atoms with Gasteiger partial charge in [0.25, 0.3) is 0 Å². The van der Waals surface area contributed by atoms with Gasteiger partial charge in [0, 0.05) is 18.2 Å². The smallest absolute Gasteiger partial charge is 0.124 e. The van der Waals surface area contributed by atoms with E-state index in [9.17, 15) is 4.39 Å². The quantitative estimate of drug-likeness (QED) is 0.857. The lowest BCUT2D eigenvalue weighted by atomic mass is 10.0. The summed E-state index contributed by atoms with van der Waals surface area (Å²) in [5.74, 6) is 5.82. The fourth-order valence-electron chi connectivity index (χ4n) is 2.96. The molecule has 3 heteroatoms. The number of aliphatic hydroxyl groups excluding tert-OH is 1. The third-order valence-electron chi connectivity index (χ3n) is 3.93. The van der Waals surface area contributed by atoms with Crippen LogP contribution in [-0.4, -0.2) is 29.2 Å². The normalized spacial score (nSPS) is 19.1. The highest BCUT2D eigenvalue weighted by molar-refractivity contribution is 5.41. The molecule has 1 aliphatic rings. The van der Waals surface area contributed by atoms with Gasteiger partial charge in [0.05, 0.1) is 0 Å². The summed E-state index contributed by atoms with van der Waals surface area (Å²) in [6, 6.07) is 5.35. The molecule has 0 radical (unpaired) electrons. The van der Waals surface area contributed by atoms with E-state index in [-0.39, 0.29) is 12.4 Å². The molecular weight excluding hydrogens is 253 g/mol. The van der Waals surface area contributed by atoms with E-state index in [1.807, 2.05) is 6.07 Å². The minimum absolute atomic E-state index is 0.200. The van der Waals surface area contributed by atoms with E-state index < -0.39 is 0 Å². The summed E-state index contributed by atoms with van der Waals surface area (Å²) in [5, 5.41) is 8.81. The van der Waals surface area contributed by atoms with Crippen LogP contribution < -0.4 is 0 Å². The van der Waals surface area contributed by atoms with Crippen molar-refractivity contribution in [1.82, 2.24) is 4.90 Å². The summed E-state index contributed by atoms with van der Waals surface area (Å²) < 4.78 is 13.3. The van der Waals surface area contributed by atoms with Crippen molar-refractivity contribution in [2.75, 3.05) is 13.2 Å². The van der Waals surface area contributed by atoms with E-state index in [1.165, 1.54) is 25.0 Å². The largest absolute Gasteiger partial charge is 0.384 e. The molecule has 1 unspecified atom stereocenters. The molecule has 0 spiro atoms. The second-order valence-electron chi connectivity index (χ2n) is 5.69. The predicted octanol–water partition coefficient (Wildman–Crippen LogP) is 2.79. The first-order valence-corrected chi connectivity index (χ1v) is 7.24. The zero-order valence-corrected chi connectivity index (χ0v) is 12.2. The van der Waals surface area contributed by atoms with Crippen molar-refractivity contribution in [3.8, 4) is 11.8 Å². The van der Waals surface area contributed by atoms with Crippen LogP contribution >= 0.6 is 0 Å². The van der Waals surface area contributed by atoms with Crippen LogP contribution in [0.5, 0.6) is 0 Å². The van der Waals surface area contributed by atoms with E-state index in [0.29, 0.717) is 17.5 Å². The SMILES string of the molecule is CC(C)C1CCCN1Cc1ccc(F)cc1C#CCO. The van der Waals surface area contributed by atoms with Gasteiger partial charge in [-0.15, -0.1) is 0 Å². The van der Waals surface area contributed by atoms with E-state index in [4.69, 9.17) is 5.11 Å². The monoisotopic (exact) mass is 275 g/mol. The number of likely N-dealkylation sites (tertiary alicyclic amines) is 1. The number of rotatable bonds is 3. The molecule has 0 amide bonds. The third kappa shape index (κ3) is 3.59. The second-order valence-corrected chi connectivity index (χ2v) is 5.69. The van der Waals surface area contributed by atoms with Gasteiger partial charge < -0.3 is 5.11 Å². The Morgan fingerprint density at radius 1 is 1.45 bits per heavy atom. The minimum atomic E-state index is -0.280. The van der Waals surface area contributed by atoms with E-state index in [2.05, 4.69) is 30.6 Å². The van der Waals surface area contributed by atoms with Gasteiger partial charge >= 0.3 is 0 Å². The van der Waals surface area contributed by atoms with Gasteiger partial charge in [0.2, 0.25) is 0 Å². The molecule has 108 valence electrons. The number of nitrogens with zero attached hydrogens (tertiary/aromatic N) is 1. The molecule has 1 saturated heterocycles. The first kappa shape index (κ1) is 15.0. The number of hydrogen-bond donors (Lipinski definition) is 1. The Kier molecular flexibility index (Phi) is 5.17. The highest BCUT2D eigenvalue weighted by Crippen LogP contribution is 2.26. The Morgan fingerprint density at radius 3 is 2.95 bits per heavy atom. The predicted molar refractivity (Wildman–Crippen MR) is 78.6 cm³/mol.